The third-order valence-corrected chi connectivity index (χ3v) is 3.30. The van der Waals surface area contributed by atoms with Crippen LogP contribution < -0.4 is 5.73 Å². The number of rotatable bonds is 1. The average molecular weight is 182 g/mol. The molecule has 1 saturated carbocycles. The molecule has 0 spiro atoms. The van der Waals surface area contributed by atoms with E-state index in [0.29, 0.717) is 11.5 Å². The number of nitrogens with zero attached hydrogens (tertiary/aromatic N) is 1. The molecule has 1 saturated heterocycles. The summed E-state index contributed by atoms with van der Waals surface area (Å²) in [5.41, 5.74) is 6.10. The maximum absolute atomic E-state index is 11.6. The fourth-order valence-electron chi connectivity index (χ4n) is 2.52. The molecule has 0 bridgehead atoms. The van der Waals surface area contributed by atoms with E-state index in [9.17, 15) is 4.79 Å². The summed E-state index contributed by atoms with van der Waals surface area (Å²) in [7, 11) is 0. The van der Waals surface area contributed by atoms with Crippen molar-refractivity contribution in [3.8, 4) is 0 Å². The van der Waals surface area contributed by atoms with Crippen molar-refractivity contribution in [3.63, 3.8) is 0 Å². The highest BCUT2D eigenvalue weighted by molar-refractivity contribution is 5.84. The van der Waals surface area contributed by atoms with Crippen LogP contribution in [0.5, 0.6) is 0 Å². The van der Waals surface area contributed by atoms with Gasteiger partial charge in [-0.25, -0.2) is 0 Å². The molecule has 2 fully saturated rings. The Balaban J connectivity index is 1.94. The lowest BCUT2D eigenvalue weighted by molar-refractivity contribution is -0.134. The van der Waals surface area contributed by atoms with Gasteiger partial charge in [0.15, 0.2) is 0 Å². The third kappa shape index (κ3) is 1.46. The van der Waals surface area contributed by atoms with Gasteiger partial charge < -0.3 is 10.6 Å². The average Bonchev–Trinajstić information content (AvgIpc) is 2.28. The summed E-state index contributed by atoms with van der Waals surface area (Å²) in [5, 5.41) is 0. The van der Waals surface area contributed by atoms with E-state index in [0.717, 1.165) is 25.8 Å². The Labute approximate surface area is 79.3 Å². The molecule has 2 N–H and O–H groups in total. The second kappa shape index (κ2) is 2.71. The van der Waals surface area contributed by atoms with Crippen LogP contribution in [0.15, 0.2) is 0 Å². The molecule has 1 amide bonds. The molecule has 0 radical (unpaired) electrons. The molecule has 1 aliphatic heterocycles. The largest absolute Gasteiger partial charge is 0.338 e. The molecular weight excluding hydrogens is 164 g/mol. The van der Waals surface area contributed by atoms with E-state index in [1.54, 1.807) is 0 Å². The van der Waals surface area contributed by atoms with E-state index in [-0.39, 0.29) is 11.9 Å². The lowest BCUT2D eigenvalue weighted by atomic mass is 9.68. The van der Waals surface area contributed by atoms with Crippen LogP contribution in [0.4, 0.5) is 0 Å². The van der Waals surface area contributed by atoms with Gasteiger partial charge in [-0.15, -0.1) is 0 Å². The van der Waals surface area contributed by atoms with Gasteiger partial charge in [0, 0.05) is 12.6 Å². The first-order valence-corrected chi connectivity index (χ1v) is 5.06. The molecule has 1 heterocycles. The van der Waals surface area contributed by atoms with Gasteiger partial charge in [-0.2, -0.15) is 0 Å². The zero-order valence-electron chi connectivity index (χ0n) is 8.42. The number of hydrogen-bond acceptors (Lipinski definition) is 2. The van der Waals surface area contributed by atoms with Gasteiger partial charge in [0.1, 0.15) is 0 Å². The molecule has 1 atom stereocenters. The fraction of sp³-hybridized carbons (Fsp3) is 0.900. The lowest BCUT2D eigenvalue weighted by Crippen LogP contribution is -2.50. The van der Waals surface area contributed by atoms with Gasteiger partial charge in [0.2, 0.25) is 5.91 Å². The number of amides is 1. The molecular formula is C10H18N2O. The Bertz CT molecular complexity index is 229. The monoisotopic (exact) mass is 182 g/mol. The van der Waals surface area contributed by atoms with Gasteiger partial charge >= 0.3 is 0 Å². The van der Waals surface area contributed by atoms with Crippen molar-refractivity contribution >= 4 is 5.91 Å². The van der Waals surface area contributed by atoms with E-state index < -0.39 is 0 Å². The SMILES string of the molecule is CC1(C)CC(N2CCC(N)C2=O)C1. The first kappa shape index (κ1) is 9.00. The van der Waals surface area contributed by atoms with Crippen molar-refractivity contribution in [1.29, 1.82) is 0 Å². The summed E-state index contributed by atoms with van der Waals surface area (Å²) in [6.45, 7) is 5.38. The molecule has 3 nitrogen and oxygen atoms in total. The molecule has 1 aliphatic carbocycles. The Morgan fingerprint density at radius 3 is 2.46 bits per heavy atom. The molecule has 1 unspecified atom stereocenters. The smallest absolute Gasteiger partial charge is 0.239 e. The Hall–Kier alpha value is -0.570. The molecule has 0 aromatic heterocycles. The molecule has 13 heavy (non-hydrogen) atoms. The van der Waals surface area contributed by atoms with E-state index in [4.69, 9.17) is 5.73 Å². The molecule has 0 aromatic rings. The van der Waals surface area contributed by atoms with Crippen molar-refractivity contribution in [1.82, 2.24) is 4.90 Å². The van der Waals surface area contributed by atoms with Crippen LogP contribution in [0.25, 0.3) is 0 Å². The van der Waals surface area contributed by atoms with Gasteiger partial charge in [-0.3, -0.25) is 4.79 Å². The van der Waals surface area contributed by atoms with Crippen molar-refractivity contribution in [2.24, 2.45) is 11.1 Å². The van der Waals surface area contributed by atoms with Crippen molar-refractivity contribution < 1.29 is 4.79 Å². The number of hydrogen-bond donors (Lipinski definition) is 1. The normalized spacial score (nSPS) is 33.6. The Morgan fingerprint density at radius 2 is 2.08 bits per heavy atom. The van der Waals surface area contributed by atoms with Crippen molar-refractivity contribution in [3.05, 3.63) is 0 Å². The minimum absolute atomic E-state index is 0.167. The second-order valence-electron chi connectivity index (χ2n) is 5.15. The zero-order valence-corrected chi connectivity index (χ0v) is 8.42. The van der Waals surface area contributed by atoms with Crippen LogP contribution >= 0.6 is 0 Å². The Morgan fingerprint density at radius 1 is 1.46 bits per heavy atom. The maximum Gasteiger partial charge on any atom is 0.239 e. The quantitative estimate of drug-likeness (QED) is 0.650. The molecule has 2 rings (SSSR count). The van der Waals surface area contributed by atoms with Crippen LogP contribution in [0.3, 0.4) is 0 Å². The predicted octanol–water partition coefficient (Wildman–Crippen LogP) is 0.735. The third-order valence-electron chi connectivity index (χ3n) is 3.30. The standard InChI is InChI=1S/C10H18N2O/c1-10(2)5-7(6-10)12-4-3-8(11)9(12)13/h7-8H,3-6,11H2,1-2H3. The summed E-state index contributed by atoms with van der Waals surface area (Å²) in [4.78, 5) is 13.5. The number of carbonyl (C=O) groups excluding carboxylic acids is 1. The van der Waals surface area contributed by atoms with E-state index in [1.807, 2.05) is 4.90 Å². The molecule has 0 aromatic carbocycles. The summed E-state index contributed by atoms with van der Waals surface area (Å²) in [5.74, 6) is 0.167. The van der Waals surface area contributed by atoms with Crippen LogP contribution in [0, 0.1) is 5.41 Å². The highest BCUT2D eigenvalue weighted by Gasteiger charge is 2.44. The fourth-order valence-corrected chi connectivity index (χ4v) is 2.52. The van der Waals surface area contributed by atoms with E-state index >= 15 is 0 Å². The van der Waals surface area contributed by atoms with E-state index in [2.05, 4.69) is 13.8 Å². The second-order valence-corrected chi connectivity index (χ2v) is 5.15. The zero-order chi connectivity index (χ0) is 9.64. The van der Waals surface area contributed by atoms with Crippen molar-refractivity contribution in [2.75, 3.05) is 6.54 Å². The minimum atomic E-state index is -0.219. The van der Waals surface area contributed by atoms with Gasteiger partial charge in [-0.05, 0) is 24.7 Å². The number of nitrogens with two attached hydrogens (primary N) is 1. The topological polar surface area (TPSA) is 46.3 Å². The summed E-state index contributed by atoms with van der Waals surface area (Å²) >= 11 is 0. The van der Waals surface area contributed by atoms with Crippen LogP contribution in [-0.4, -0.2) is 29.4 Å². The van der Waals surface area contributed by atoms with Gasteiger partial charge in [0.05, 0.1) is 6.04 Å². The Kier molecular flexibility index (Phi) is 1.88. The van der Waals surface area contributed by atoms with Crippen molar-refractivity contribution in [2.45, 2.75) is 45.2 Å². The molecule has 74 valence electrons. The summed E-state index contributed by atoms with van der Waals surface area (Å²) in [6.07, 6.45) is 3.13. The van der Waals surface area contributed by atoms with E-state index in [1.165, 1.54) is 0 Å². The van der Waals surface area contributed by atoms with Gasteiger partial charge in [-0.1, -0.05) is 13.8 Å². The minimum Gasteiger partial charge on any atom is -0.338 e. The summed E-state index contributed by atoms with van der Waals surface area (Å²) in [6, 6.07) is 0.264. The van der Waals surface area contributed by atoms with Gasteiger partial charge in [0.25, 0.3) is 0 Å². The van der Waals surface area contributed by atoms with Crippen LogP contribution in [-0.2, 0) is 4.79 Å². The van der Waals surface area contributed by atoms with Crippen LogP contribution in [0.1, 0.15) is 33.1 Å². The molecule has 2 aliphatic rings. The lowest BCUT2D eigenvalue weighted by Gasteiger charge is -2.47. The number of likely N-dealkylation sites (tertiary alicyclic amines) is 1. The predicted molar refractivity (Wildman–Crippen MR) is 51.1 cm³/mol. The maximum atomic E-state index is 11.6. The van der Waals surface area contributed by atoms with Crippen LogP contribution in [0.2, 0.25) is 0 Å². The highest BCUT2D eigenvalue weighted by atomic mass is 16.2. The highest BCUT2D eigenvalue weighted by Crippen LogP contribution is 2.43. The summed E-state index contributed by atoms with van der Waals surface area (Å²) < 4.78 is 0. The first-order chi connectivity index (χ1) is 5.99. The molecule has 3 heteroatoms. The number of carbonyl (C=O) groups is 1. The first-order valence-electron chi connectivity index (χ1n) is 5.06.